The van der Waals surface area contributed by atoms with Gasteiger partial charge in [0.2, 0.25) is 11.8 Å². The van der Waals surface area contributed by atoms with E-state index in [4.69, 9.17) is 0 Å². The molecule has 0 bridgehead atoms. The number of carbonyl (C=O) groups excluding carboxylic acids is 2. The number of H-pyrrole nitrogens is 1. The summed E-state index contributed by atoms with van der Waals surface area (Å²) in [5.74, 6) is 6.03. The third-order valence-electron chi connectivity index (χ3n) is 7.13. The molecule has 1 fully saturated rings. The minimum Gasteiger partial charge on any atom is -0.356 e. The number of nitrogens with one attached hydrogen (secondary N) is 2. The van der Waals surface area contributed by atoms with Crippen molar-refractivity contribution in [2.75, 3.05) is 6.54 Å². The van der Waals surface area contributed by atoms with Gasteiger partial charge in [-0.15, -0.1) is 0 Å². The summed E-state index contributed by atoms with van der Waals surface area (Å²) in [5, 5.41) is 4.27. The second kappa shape index (κ2) is 12.3. The largest absolute Gasteiger partial charge is 0.356 e. The molecule has 1 atom stereocenters. The first-order valence-corrected chi connectivity index (χ1v) is 13.4. The predicted octanol–water partition coefficient (Wildman–Crippen LogP) is 5.78. The van der Waals surface area contributed by atoms with Gasteiger partial charge >= 0.3 is 0 Å². The van der Waals surface area contributed by atoms with Crippen LogP contribution in [0.3, 0.4) is 0 Å². The number of hydrogen-bond donors (Lipinski definition) is 2. The Bertz CT molecular complexity index is 1390. The van der Waals surface area contributed by atoms with E-state index >= 15 is 0 Å². The molecule has 5 rings (SSSR count). The monoisotopic (exact) mass is 503 g/mol. The van der Waals surface area contributed by atoms with Crippen LogP contribution in [0.25, 0.3) is 10.9 Å². The third kappa shape index (κ3) is 6.33. The molecule has 0 saturated heterocycles. The minimum absolute atomic E-state index is 0.129. The van der Waals surface area contributed by atoms with Gasteiger partial charge < -0.3 is 15.2 Å². The summed E-state index contributed by atoms with van der Waals surface area (Å²) in [7, 11) is 0. The van der Waals surface area contributed by atoms with E-state index in [0.717, 1.165) is 47.7 Å². The highest BCUT2D eigenvalue weighted by molar-refractivity contribution is 5.91. The van der Waals surface area contributed by atoms with Crippen LogP contribution in [0.4, 0.5) is 0 Å². The summed E-state index contributed by atoms with van der Waals surface area (Å²) < 4.78 is 0. The van der Waals surface area contributed by atoms with Gasteiger partial charge in [0.1, 0.15) is 0 Å². The predicted molar refractivity (Wildman–Crippen MR) is 151 cm³/mol. The highest BCUT2D eigenvalue weighted by atomic mass is 16.2. The zero-order valence-electron chi connectivity index (χ0n) is 21.5. The van der Waals surface area contributed by atoms with Crippen LogP contribution in [0, 0.1) is 11.8 Å². The van der Waals surface area contributed by atoms with Gasteiger partial charge in [-0.25, -0.2) is 0 Å². The Labute approximate surface area is 224 Å². The van der Waals surface area contributed by atoms with Gasteiger partial charge in [0.15, 0.2) is 6.04 Å². The number of amides is 2. The molecule has 4 aromatic rings. The van der Waals surface area contributed by atoms with E-state index in [-0.39, 0.29) is 30.8 Å². The molecule has 38 heavy (non-hydrogen) atoms. The standard InChI is InChI=1S/C33H33N3O2/c37-31(23-26-15-6-2-7-16-26)36(22-12-17-25-13-4-1-5-14-25)32(33(38)34-28-19-8-3-9-20-28)30-24-27-18-10-11-21-29(27)35-30/h1-2,4-7,10-11,13-16,18,21,24,28,32,35H,3,8-9,19-20,22-23H2,(H,34,38). The summed E-state index contributed by atoms with van der Waals surface area (Å²) in [4.78, 5) is 32.8. The normalized spacial score (nSPS) is 14.3. The molecular formula is C33H33N3O2. The zero-order valence-corrected chi connectivity index (χ0v) is 21.5. The van der Waals surface area contributed by atoms with Crippen molar-refractivity contribution in [1.29, 1.82) is 0 Å². The Morgan fingerprint density at radius 1 is 0.895 bits per heavy atom. The fraction of sp³-hybridized carbons (Fsp3) is 0.273. The lowest BCUT2D eigenvalue weighted by Gasteiger charge is -2.31. The maximum absolute atomic E-state index is 13.9. The lowest BCUT2D eigenvalue weighted by molar-refractivity contribution is -0.140. The van der Waals surface area contributed by atoms with Crippen molar-refractivity contribution in [3.8, 4) is 11.8 Å². The van der Waals surface area contributed by atoms with Crippen LogP contribution in [-0.2, 0) is 16.0 Å². The van der Waals surface area contributed by atoms with Gasteiger partial charge in [-0.3, -0.25) is 9.59 Å². The van der Waals surface area contributed by atoms with E-state index < -0.39 is 6.04 Å². The summed E-state index contributed by atoms with van der Waals surface area (Å²) >= 11 is 0. The topological polar surface area (TPSA) is 65.2 Å². The molecule has 192 valence electrons. The molecule has 1 heterocycles. The van der Waals surface area contributed by atoms with E-state index in [1.54, 1.807) is 4.90 Å². The second-order valence-corrected chi connectivity index (χ2v) is 9.91. The van der Waals surface area contributed by atoms with Crippen LogP contribution in [-0.4, -0.2) is 34.3 Å². The van der Waals surface area contributed by atoms with Crippen molar-refractivity contribution in [2.45, 2.75) is 50.6 Å². The number of rotatable bonds is 7. The van der Waals surface area contributed by atoms with Crippen molar-refractivity contribution in [2.24, 2.45) is 0 Å². The highest BCUT2D eigenvalue weighted by Crippen LogP contribution is 2.27. The van der Waals surface area contributed by atoms with Gasteiger partial charge in [-0.05, 0) is 48.1 Å². The molecule has 5 nitrogen and oxygen atoms in total. The average Bonchev–Trinajstić information content (AvgIpc) is 3.38. The third-order valence-corrected chi connectivity index (χ3v) is 7.13. The van der Waals surface area contributed by atoms with Crippen LogP contribution in [0.1, 0.15) is 55.0 Å². The molecule has 1 aromatic heterocycles. The molecule has 5 heteroatoms. The van der Waals surface area contributed by atoms with Gasteiger partial charge in [0.05, 0.1) is 13.0 Å². The first-order chi connectivity index (χ1) is 18.7. The van der Waals surface area contributed by atoms with Gasteiger partial charge in [0.25, 0.3) is 0 Å². The van der Waals surface area contributed by atoms with Gasteiger partial charge in [0, 0.05) is 22.8 Å². The van der Waals surface area contributed by atoms with Crippen LogP contribution < -0.4 is 5.32 Å². The Kier molecular flexibility index (Phi) is 8.20. The molecule has 1 aliphatic rings. The number of benzene rings is 3. The number of fused-ring (bicyclic) bond motifs is 1. The number of aromatic amines is 1. The maximum Gasteiger partial charge on any atom is 0.249 e. The van der Waals surface area contributed by atoms with Crippen molar-refractivity contribution in [1.82, 2.24) is 15.2 Å². The first kappa shape index (κ1) is 25.4. The Morgan fingerprint density at radius 3 is 2.32 bits per heavy atom. The number of para-hydroxylation sites is 1. The molecule has 2 amide bonds. The van der Waals surface area contributed by atoms with Gasteiger partial charge in [-0.1, -0.05) is 97.8 Å². The fourth-order valence-corrected chi connectivity index (χ4v) is 5.16. The lowest BCUT2D eigenvalue weighted by atomic mass is 9.95. The van der Waals surface area contributed by atoms with Crippen molar-refractivity contribution in [3.05, 3.63) is 108 Å². The first-order valence-electron chi connectivity index (χ1n) is 13.4. The molecule has 1 aliphatic carbocycles. The molecular weight excluding hydrogens is 470 g/mol. The van der Waals surface area contributed by atoms with Crippen LogP contribution in [0.2, 0.25) is 0 Å². The smallest absolute Gasteiger partial charge is 0.249 e. The molecule has 2 N–H and O–H groups in total. The summed E-state index contributed by atoms with van der Waals surface area (Å²) in [6.07, 6.45) is 5.56. The lowest BCUT2D eigenvalue weighted by Crippen LogP contribution is -2.47. The second-order valence-electron chi connectivity index (χ2n) is 9.91. The summed E-state index contributed by atoms with van der Waals surface area (Å²) in [6.45, 7) is 0.138. The minimum atomic E-state index is -0.814. The van der Waals surface area contributed by atoms with E-state index in [2.05, 4.69) is 22.1 Å². The number of carbonyl (C=O) groups is 2. The van der Waals surface area contributed by atoms with E-state index in [1.165, 1.54) is 6.42 Å². The fourth-order valence-electron chi connectivity index (χ4n) is 5.16. The molecule has 0 spiro atoms. The number of hydrogen-bond acceptors (Lipinski definition) is 2. The number of aromatic nitrogens is 1. The Balaban J connectivity index is 1.51. The Hall–Kier alpha value is -4.30. The SMILES string of the molecule is O=C(NC1CCCCC1)C(c1cc2ccccc2[nH]1)N(CC#Cc1ccccc1)C(=O)Cc1ccccc1. The maximum atomic E-state index is 13.9. The van der Waals surface area contributed by atoms with Crippen LogP contribution >= 0.6 is 0 Å². The van der Waals surface area contributed by atoms with E-state index in [1.807, 2.05) is 91.0 Å². The summed E-state index contributed by atoms with van der Waals surface area (Å²) in [6, 6.07) is 28.6. The zero-order chi connectivity index (χ0) is 26.2. The molecule has 1 unspecified atom stereocenters. The van der Waals surface area contributed by atoms with Gasteiger partial charge in [-0.2, -0.15) is 0 Å². The molecule has 3 aromatic carbocycles. The Morgan fingerprint density at radius 2 is 1.58 bits per heavy atom. The highest BCUT2D eigenvalue weighted by Gasteiger charge is 2.33. The molecule has 0 radical (unpaired) electrons. The van der Waals surface area contributed by atoms with Crippen molar-refractivity contribution in [3.63, 3.8) is 0 Å². The molecule has 1 saturated carbocycles. The van der Waals surface area contributed by atoms with E-state index in [0.29, 0.717) is 5.69 Å². The quantitative estimate of drug-likeness (QED) is 0.314. The van der Waals surface area contributed by atoms with Crippen molar-refractivity contribution >= 4 is 22.7 Å². The van der Waals surface area contributed by atoms with Crippen LogP contribution in [0.5, 0.6) is 0 Å². The van der Waals surface area contributed by atoms with E-state index in [9.17, 15) is 9.59 Å². The number of nitrogens with zero attached hydrogens (tertiary/aromatic N) is 1. The van der Waals surface area contributed by atoms with Crippen molar-refractivity contribution < 1.29 is 9.59 Å². The molecule has 0 aliphatic heterocycles. The average molecular weight is 504 g/mol. The summed E-state index contributed by atoms with van der Waals surface area (Å²) in [5.41, 5.74) is 3.41. The van der Waals surface area contributed by atoms with Crippen LogP contribution in [0.15, 0.2) is 91.0 Å².